The van der Waals surface area contributed by atoms with Crippen molar-refractivity contribution in [3.05, 3.63) is 70.1 Å². The quantitative estimate of drug-likeness (QED) is 0.566. The third-order valence-electron chi connectivity index (χ3n) is 6.08. The van der Waals surface area contributed by atoms with Crippen LogP contribution in [0.4, 0.5) is 10.5 Å². The number of rotatable bonds is 4. The van der Waals surface area contributed by atoms with E-state index in [-0.39, 0.29) is 16.7 Å². The van der Waals surface area contributed by atoms with Crippen molar-refractivity contribution in [1.82, 2.24) is 4.90 Å². The minimum atomic E-state index is -0.212. The van der Waals surface area contributed by atoms with Crippen molar-refractivity contribution >= 4 is 34.7 Å². The number of amides is 2. The SMILES string of the molecule is CCN1c2ccc(/C=C3\SC(=O)N(Cc4ccccc4)C3=O)cc2[C@H](C)CC1(C)C. The van der Waals surface area contributed by atoms with Gasteiger partial charge in [-0.05, 0) is 79.8 Å². The number of carbonyl (C=O) groups is 2. The van der Waals surface area contributed by atoms with E-state index >= 15 is 0 Å². The van der Waals surface area contributed by atoms with E-state index in [0.29, 0.717) is 17.4 Å². The average Bonchev–Trinajstić information content (AvgIpc) is 2.96. The van der Waals surface area contributed by atoms with E-state index < -0.39 is 0 Å². The topological polar surface area (TPSA) is 40.6 Å². The molecule has 1 fully saturated rings. The Labute approximate surface area is 182 Å². The fourth-order valence-electron chi connectivity index (χ4n) is 4.75. The monoisotopic (exact) mass is 420 g/mol. The summed E-state index contributed by atoms with van der Waals surface area (Å²) in [7, 11) is 0. The zero-order valence-corrected chi connectivity index (χ0v) is 18.8. The van der Waals surface area contributed by atoms with Crippen LogP contribution in [-0.2, 0) is 11.3 Å². The van der Waals surface area contributed by atoms with Gasteiger partial charge in [0.25, 0.3) is 11.1 Å². The van der Waals surface area contributed by atoms with E-state index in [0.717, 1.165) is 35.9 Å². The molecular formula is C25H28N2O2S. The zero-order valence-electron chi connectivity index (χ0n) is 18.0. The predicted octanol–water partition coefficient (Wildman–Crippen LogP) is 6.04. The first-order valence-corrected chi connectivity index (χ1v) is 11.3. The molecule has 0 spiro atoms. The maximum absolute atomic E-state index is 12.9. The van der Waals surface area contributed by atoms with Crippen LogP contribution in [0.1, 0.15) is 56.7 Å². The lowest BCUT2D eigenvalue weighted by atomic mass is 9.79. The molecule has 2 aromatic carbocycles. The summed E-state index contributed by atoms with van der Waals surface area (Å²) in [6.07, 6.45) is 2.95. The molecule has 0 bridgehead atoms. The predicted molar refractivity (Wildman–Crippen MR) is 125 cm³/mol. The smallest absolute Gasteiger partial charge is 0.293 e. The van der Waals surface area contributed by atoms with Crippen LogP contribution < -0.4 is 4.90 Å². The normalized spacial score (nSPS) is 22.0. The van der Waals surface area contributed by atoms with Crippen LogP contribution in [0.2, 0.25) is 0 Å². The number of thioether (sulfide) groups is 1. The Morgan fingerprint density at radius 2 is 1.87 bits per heavy atom. The molecule has 1 atom stereocenters. The first-order chi connectivity index (χ1) is 14.3. The van der Waals surface area contributed by atoms with Crippen LogP contribution in [0.3, 0.4) is 0 Å². The van der Waals surface area contributed by atoms with E-state index in [1.54, 1.807) is 0 Å². The number of carbonyl (C=O) groups excluding carboxylic acids is 2. The number of imide groups is 1. The van der Waals surface area contributed by atoms with Crippen molar-refractivity contribution in [3.8, 4) is 0 Å². The Bertz CT molecular complexity index is 1010. The molecule has 4 rings (SSSR count). The summed E-state index contributed by atoms with van der Waals surface area (Å²) in [4.78, 5) is 29.6. The second-order valence-electron chi connectivity index (χ2n) is 8.73. The van der Waals surface area contributed by atoms with E-state index in [1.165, 1.54) is 16.2 Å². The summed E-state index contributed by atoms with van der Waals surface area (Å²) >= 11 is 1.03. The highest BCUT2D eigenvalue weighted by Crippen LogP contribution is 2.44. The van der Waals surface area contributed by atoms with Gasteiger partial charge in [0.15, 0.2) is 0 Å². The van der Waals surface area contributed by atoms with Gasteiger partial charge >= 0.3 is 0 Å². The standard InChI is InChI=1S/C25H28N2O2S/c1-5-27-21-12-11-19(13-20(21)17(2)15-25(27,3)4)14-22-23(28)26(24(29)30-22)16-18-9-7-6-8-10-18/h6-14,17H,5,15-16H2,1-4H3/b22-14-/t17-/m1/s1. The Hall–Kier alpha value is -2.53. The first-order valence-electron chi connectivity index (χ1n) is 10.5. The van der Waals surface area contributed by atoms with E-state index in [4.69, 9.17) is 0 Å². The number of benzene rings is 2. The van der Waals surface area contributed by atoms with Gasteiger partial charge in [-0.15, -0.1) is 0 Å². The minimum Gasteiger partial charge on any atom is -0.366 e. The highest BCUT2D eigenvalue weighted by Gasteiger charge is 2.37. The number of nitrogens with zero attached hydrogens (tertiary/aromatic N) is 2. The van der Waals surface area contributed by atoms with Gasteiger partial charge in [-0.1, -0.05) is 43.3 Å². The lowest BCUT2D eigenvalue weighted by Crippen LogP contribution is -2.48. The molecule has 2 heterocycles. The molecule has 0 saturated carbocycles. The molecule has 30 heavy (non-hydrogen) atoms. The lowest BCUT2D eigenvalue weighted by Gasteiger charge is -2.47. The Kier molecular flexibility index (Phi) is 5.49. The summed E-state index contributed by atoms with van der Waals surface area (Å²) in [6.45, 7) is 10.3. The number of fused-ring (bicyclic) bond motifs is 1. The number of hydrogen-bond donors (Lipinski definition) is 0. The molecule has 5 heteroatoms. The van der Waals surface area contributed by atoms with Crippen LogP contribution in [0, 0.1) is 0 Å². The van der Waals surface area contributed by atoms with Gasteiger partial charge in [-0.2, -0.15) is 0 Å². The Morgan fingerprint density at radius 1 is 1.13 bits per heavy atom. The summed E-state index contributed by atoms with van der Waals surface area (Å²) in [5.74, 6) is 0.232. The molecule has 2 aromatic rings. The van der Waals surface area contributed by atoms with Gasteiger partial charge in [0.1, 0.15) is 0 Å². The molecule has 2 aliphatic rings. The highest BCUT2D eigenvalue weighted by molar-refractivity contribution is 8.18. The van der Waals surface area contributed by atoms with Crippen LogP contribution in [0.5, 0.6) is 0 Å². The maximum atomic E-state index is 12.9. The number of hydrogen-bond acceptors (Lipinski definition) is 4. The van der Waals surface area contributed by atoms with Crippen LogP contribution in [0.15, 0.2) is 53.4 Å². The second-order valence-corrected chi connectivity index (χ2v) is 9.73. The van der Waals surface area contributed by atoms with Crippen LogP contribution in [0.25, 0.3) is 6.08 Å². The summed E-state index contributed by atoms with van der Waals surface area (Å²) in [5.41, 5.74) is 4.64. The maximum Gasteiger partial charge on any atom is 0.293 e. The van der Waals surface area contributed by atoms with Gasteiger partial charge < -0.3 is 4.90 Å². The lowest BCUT2D eigenvalue weighted by molar-refractivity contribution is -0.123. The van der Waals surface area contributed by atoms with Crippen LogP contribution in [-0.4, -0.2) is 28.1 Å². The molecule has 0 aliphatic carbocycles. The largest absolute Gasteiger partial charge is 0.366 e. The zero-order chi connectivity index (χ0) is 21.5. The van der Waals surface area contributed by atoms with Gasteiger partial charge in [0.05, 0.1) is 11.4 Å². The second kappa shape index (κ2) is 7.95. The first kappa shape index (κ1) is 20.7. The molecule has 0 aromatic heterocycles. The van der Waals surface area contributed by atoms with E-state index in [1.807, 2.05) is 36.4 Å². The Balaban J connectivity index is 1.61. The van der Waals surface area contributed by atoms with Gasteiger partial charge in [-0.25, -0.2) is 0 Å². The molecule has 0 N–H and O–H groups in total. The molecule has 0 radical (unpaired) electrons. The summed E-state index contributed by atoms with van der Waals surface area (Å²) < 4.78 is 0. The van der Waals surface area contributed by atoms with Crippen molar-refractivity contribution in [1.29, 1.82) is 0 Å². The van der Waals surface area contributed by atoms with Crippen molar-refractivity contribution in [3.63, 3.8) is 0 Å². The molecule has 0 unspecified atom stereocenters. The minimum absolute atomic E-state index is 0.128. The average molecular weight is 421 g/mol. The van der Waals surface area contributed by atoms with E-state index in [2.05, 4.69) is 50.8 Å². The Morgan fingerprint density at radius 3 is 2.57 bits per heavy atom. The van der Waals surface area contributed by atoms with Crippen molar-refractivity contribution in [2.75, 3.05) is 11.4 Å². The van der Waals surface area contributed by atoms with Crippen molar-refractivity contribution < 1.29 is 9.59 Å². The summed E-state index contributed by atoms with van der Waals surface area (Å²) in [5, 5.41) is -0.208. The van der Waals surface area contributed by atoms with Crippen molar-refractivity contribution in [2.24, 2.45) is 0 Å². The third-order valence-corrected chi connectivity index (χ3v) is 6.99. The van der Waals surface area contributed by atoms with Gasteiger partial charge in [-0.3, -0.25) is 14.5 Å². The molecular weight excluding hydrogens is 392 g/mol. The van der Waals surface area contributed by atoms with Crippen LogP contribution >= 0.6 is 11.8 Å². The third kappa shape index (κ3) is 3.79. The molecule has 2 amide bonds. The fraction of sp³-hybridized carbons (Fsp3) is 0.360. The fourth-order valence-corrected chi connectivity index (χ4v) is 5.59. The highest BCUT2D eigenvalue weighted by atomic mass is 32.2. The van der Waals surface area contributed by atoms with E-state index in [9.17, 15) is 9.59 Å². The summed E-state index contributed by atoms with van der Waals surface area (Å²) in [6, 6.07) is 16.0. The van der Waals surface area contributed by atoms with Crippen molar-refractivity contribution in [2.45, 2.75) is 52.1 Å². The molecule has 1 saturated heterocycles. The van der Waals surface area contributed by atoms with Gasteiger partial charge in [0.2, 0.25) is 0 Å². The van der Waals surface area contributed by atoms with Gasteiger partial charge in [0, 0.05) is 17.8 Å². The molecule has 4 nitrogen and oxygen atoms in total. The molecule has 156 valence electrons. The number of anilines is 1. The molecule has 2 aliphatic heterocycles.